The fourth-order valence-electron chi connectivity index (χ4n) is 2.43. The van der Waals surface area contributed by atoms with Gasteiger partial charge in [0.1, 0.15) is 11.6 Å². The number of rotatable bonds is 2. The van der Waals surface area contributed by atoms with Crippen LogP contribution in [0.2, 0.25) is 0 Å². The molecule has 0 amide bonds. The van der Waals surface area contributed by atoms with Crippen LogP contribution in [0.25, 0.3) is 6.08 Å². The topological polar surface area (TPSA) is 69.4 Å². The Kier molecular flexibility index (Phi) is 3.89. The molecule has 3 rings (SSSR count). The lowest BCUT2D eigenvalue weighted by Gasteiger charge is -2.05. The van der Waals surface area contributed by atoms with Gasteiger partial charge in [0.25, 0.3) is 5.69 Å². The van der Waals surface area contributed by atoms with Crippen molar-refractivity contribution in [3.8, 4) is 5.75 Å². The highest BCUT2D eigenvalue weighted by atomic mass is 19.1. The Labute approximate surface area is 131 Å². The maximum Gasteiger partial charge on any atom is 0.270 e. The minimum absolute atomic E-state index is 0.0527. The van der Waals surface area contributed by atoms with Crippen molar-refractivity contribution in [1.82, 2.24) is 0 Å². The average Bonchev–Trinajstić information content (AvgIpc) is 2.68. The summed E-state index contributed by atoms with van der Waals surface area (Å²) in [7, 11) is 0. The SMILES string of the molecule is O=C1/C(=C/c2cccc([N+](=O)[O-])c2)CCOc2ccc(F)cc21. The summed E-state index contributed by atoms with van der Waals surface area (Å²) in [5, 5.41) is 10.8. The third kappa shape index (κ3) is 3.11. The molecule has 116 valence electrons. The number of carbonyl (C=O) groups excluding carboxylic acids is 1. The summed E-state index contributed by atoms with van der Waals surface area (Å²) in [6, 6.07) is 9.80. The van der Waals surface area contributed by atoms with Gasteiger partial charge in [-0.25, -0.2) is 4.39 Å². The Hall–Kier alpha value is -3.02. The van der Waals surface area contributed by atoms with Gasteiger partial charge in [0.15, 0.2) is 5.78 Å². The van der Waals surface area contributed by atoms with Crippen LogP contribution in [0.1, 0.15) is 22.3 Å². The molecule has 1 heterocycles. The number of benzene rings is 2. The molecule has 6 heteroatoms. The third-order valence-corrected chi connectivity index (χ3v) is 3.53. The molecule has 0 fully saturated rings. The molecule has 0 bridgehead atoms. The molecule has 0 saturated heterocycles. The van der Waals surface area contributed by atoms with Crippen molar-refractivity contribution in [1.29, 1.82) is 0 Å². The highest BCUT2D eigenvalue weighted by Crippen LogP contribution is 2.28. The molecule has 2 aromatic rings. The first-order chi connectivity index (χ1) is 11.0. The molecular formula is C17H12FNO4. The number of Topliss-reactive ketones (excluding diaryl/α,β-unsaturated/α-hetero) is 1. The monoisotopic (exact) mass is 313 g/mol. The van der Waals surface area contributed by atoms with Crippen molar-refractivity contribution in [2.24, 2.45) is 0 Å². The third-order valence-electron chi connectivity index (χ3n) is 3.53. The van der Waals surface area contributed by atoms with Crippen LogP contribution in [0.5, 0.6) is 5.75 Å². The van der Waals surface area contributed by atoms with Crippen LogP contribution in [0.3, 0.4) is 0 Å². The summed E-state index contributed by atoms with van der Waals surface area (Å²) in [5.74, 6) is -0.500. The Bertz CT molecular complexity index is 829. The van der Waals surface area contributed by atoms with Crippen molar-refractivity contribution < 1.29 is 18.8 Å². The predicted molar refractivity (Wildman–Crippen MR) is 81.9 cm³/mol. The molecule has 0 radical (unpaired) electrons. The van der Waals surface area contributed by atoms with Gasteiger partial charge in [-0.1, -0.05) is 12.1 Å². The van der Waals surface area contributed by atoms with Crippen LogP contribution >= 0.6 is 0 Å². The van der Waals surface area contributed by atoms with Crippen molar-refractivity contribution in [3.63, 3.8) is 0 Å². The summed E-state index contributed by atoms with van der Waals surface area (Å²) < 4.78 is 18.9. The van der Waals surface area contributed by atoms with Gasteiger partial charge < -0.3 is 4.74 Å². The lowest BCUT2D eigenvalue weighted by molar-refractivity contribution is -0.384. The van der Waals surface area contributed by atoms with E-state index < -0.39 is 10.7 Å². The van der Waals surface area contributed by atoms with E-state index in [0.29, 0.717) is 23.3 Å². The van der Waals surface area contributed by atoms with Crippen molar-refractivity contribution >= 4 is 17.5 Å². The van der Waals surface area contributed by atoms with Crippen LogP contribution in [0.15, 0.2) is 48.0 Å². The quantitative estimate of drug-likeness (QED) is 0.480. The Morgan fingerprint density at radius 2 is 2.04 bits per heavy atom. The van der Waals surface area contributed by atoms with E-state index >= 15 is 0 Å². The molecule has 0 atom stereocenters. The summed E-state index contributed by atoms with van der Waals surface area (Å²) in [6.45, 7) is 0.283. The number of fused-ring (bicyclic) bond motifs is 1. The van der Waals surface area contributed by atoms with E-state index in [0.717, 1.165) is 6.07 Å². The summed E-state index contributed by atoms with van der Waals surface area (Å²) >= 11 is 0. The van der Waals surface area contributed by atoms with Crippen LogP contribution < -0.4 is 4.74 Å². The van der Waals surface area contributed by atoms with Crippen LogP contribution in [0.4, 0.5) is 10.1 Å². The molecule has 2 aromatic carbocycles. The minimum atomic E-state index is -0.516. The standard InChI is InChI=1S/C17H12FNO4/c18-13-4-5-16-15(10-13)17(20)12(6-7-23-16)8-11-2-1-3-14(9-11)19(21)22/h1-5,8-10H,6-7H2/b12-8+. The average molecular weight is 313 g/mol. The number of nitro groups is 1. The highest BCUT2D eigenvalue weighted by molar-refractivity contribution is 6.13. The molecule has 5 nitrogen and oxygen atoms in total. The second kappa shape index (κ2) is 6.00. The Morgan fingerprint density at radius 1 is 1.22 bits per heavy atom. The molecule has 0 saturated carbocycles. The smallest absolute Gasteiger partial charge is 0.270 e. The number of hydrogen-bond acceptors (Lipinski definition) is 4. The maximum atomic E-state index is 13.4. The lowest BCUT2D eigenvalue weighted by atomic mass is 9.99. The van der Waals surface area contributed by atoms with Gasteiger partial charge in [-0.15, -0.1) is 0 Å². The number of halogens is 1. The van der Waals surface area contributed by atoms with Crippen molar-refractivity contribution in [3.05, 3.63) is 75.1 Å². The Morgan fingerprint density at radius 3 is 2.83 bits per heavy atom. The molecule has 0 N–H and O–H groups in total. The zero-order valence-corrected chi connectivity index (χ0v) is 12.0. The van der Waals surface area contributed by atoms with Crippen LogP contribution in [-0.4, -0.2) is 17.3 Å². The maximum absolute atomic E-state index is 13.4. The number of non-ortho nitro benzene ring substituents is 1. The van der Waals surface area contributed by atoms with Crippen LogP contribution in [-0.2, 0) is 0 Å². The number of hydrogen-bond donors (Lipinski definition) is 0. The predicted octanol–water partition coefficient (Wildman–Crippen LogP) is 3.78. The van der Waals surface area contributed by atoms with E-state index in [1.165, 1.54) is 24.3 Å². The van der Waals surface area contributed by atoms with Gasteiger partial charge in [-0.05, 0) is 29.8 Å². The largest absolute Gasteiger partial charge is 0.492 e. The summed E-state index contributed by atoms with van der Waals surface area (Å²) in [5.41, 5.74) is 1.08. The van der Waals surface area contributed by atoms with Crippen LogP contribution in [0, 0.1) is 15.9 Å². The van der Waals surface area contributed by atoms with Gasteiger partial charge >= 0.3 is 0 Å². The molecule has 1 aliphatic rings. The molecular weight excluding hydrogens is 301 g/mol. The molecule has 23 heavy (non-hydrogen) atoms. The lowest BCUT2D eigenvalue weighted by Crippen LogP contribution is -2.02. The number of ketones is 1. The van der Waals surface area contributed by atoms with E-state index in [9.17, 15) is 19.3 Å². The van der Waals surface area contributed by atoms with E-state index in [4.69, 9.17) is 4.74 Å². The fraction of sp³-hybridized carbons (Fsp3) is 0.118. The summed E-state index contributed by atoms with van der Waals surface area (Å²) in [6.07, 6.45) is 1.93. The summed E-state index contributed by atoms with van der Waals surface area (Å²) in [4.78, 5) is 22.9. The molecule has 0 unspecified atom stereocenters. The number of ether oxygens (including phenoxy) is 1. The fourth-order valence-corrected chi connectivity index (χ4v) is 2.43. The van der Waals surface area contributed by atoms with E-state index in [2.05, 4.69) is 0 Å². The van der Waals surface area contributed by atoms with Gasteiger partial charge in [-0.2, -0.15) is 0 Å². The second-order valence-corrected chi connectivity index (χ2v) is 5.09. The number of nitrogens with zero attached hydrogens (tertiary/aromatic N) is 1. The first-order valence-corrected chi connectivity index (χ1v) is 6.96. The van der Waals surface area contributed by atoms with Gasteiger partial charge in [0.05, 0.1) is 17.1 Å². The zero-order valence-electron chi connectivity index (χ0n) is 12.0. The first-order valence-electron chi connectivity index (χ1n) is 6.96. The van der Waals surface area contributed by atoms with Gasteiger partial charge in [-0.3, -0.25) is 14.9 Å². The number of carbonyl (C=O) groups is 1. The molecule has 0 aliphatic carbocycles. The Balaban J connectivity index is 2.01. The molecule has 1 aliphatic heterocycles. The number of nitro benzene ring substituents is 1. The first kappa shape index (κ1) is 14.9. The van der Waals surface area contributed by atoms with Gasteiger partial charge in [0, 0.05) is 24.1 Å². The normalized spacial score (nSPS) is 15.7. The highest BCUT2D eigenvalue weighted by Gasteiger charge is 2.22. The van der Waals surface area contributed by atoms with E-state index in [1.807, 2.05) is 0 Å². The molecule has 0 aromatic heterocycles. The zero-order chi connectivity index (χ0) is 16.4. The van der Waals surface area contributed by atoms with E-state index in [1.54, 1.807) is 18.2 Å². The van der Waals surface area contributed by atoms with Crippen molar-refractivity contribution in [2.45, 2.75) is 6.42 Å². The van der Waals surface area contributed by atoms with Crippen molar-refractivity contribution in [2.75, 3.05) is 6.61 Å². The second-order valence-electron chi connectivity index (χ2n) is 5.09. The minimum Gasteiger partial charge on any atom is -0.492 e. The van der Waals surface area contributed by atoms with Gasteiger partial charge in [0.2, 0.25) is 0 Å². The molecule has 0 spiro atoms. The van der Waals surface area contributed by atoms with E-state index in [-0.39, 0.29) is 23.6 Å².